The van der Waals surface area contributed by atoms with Crippen molar-refractivity contribution in [3.05, 3.63) is 35.7 Å². The topological polar surface area (TPSA) is 106 Å². The van der Waals surface area contributed by atoms with E-state index in [1.54, 1.807) is 30.8 Å². The van der Waals surface area contributed by atoms with Gasteiger partial charge in [-0.1, -0.05) is 5.21 Å². The highest BCUT2D eigenvalue weighted by molar-refractivity contribution is 5.93. The summed E-state index contributed by atoms with van der Waals surface area (Å²) in [5.74, 6) is -0.531. The second-order valence-electron chi connectivity index (χ2n) is 4.89. The maximum atomic E-state index is 12.1. The number of rotatable bonds is 7. The zero-order valence-electron chi connectivity index (χ0n) is 12.9. The highest BCUT2D eigenvalue weighted by Crippen LogP contribution is 2.16. The van der Waals surface area contributed by atoms with Crippen molar-refractivity contribution in [1.29, 1.82) is 0 Å². The van der Waals surface area contributed by atoms with Gasteiger partial charge in [-0.05, 0) is 37.6 Å². The number of ether oxygens (including phenoxy) is 1. The second-order valence-corrected chi connectivity index (χ2v) is 4.89. The van der Waals surface area contributed by atoms with Gasteiger partial charge < -0.3 is 15.2 Å². The van der Waals surface area contributed by atoms with Gasteiger partial charge in [0.15, 0.2) is 5.69 Å². The van der Waals surface area contributed by atoms with Crippen LogP contribution in [0.4, 0.5) is 0 Å². The van der Waals surface area contributed by atoms with Crippen LogP contribution in [-0.4, -0.2) is 45.6 Å². The van der Waals surface area contributed by atoms with Crippen molar-refractivity contribution < 1.29 is 19.4 Å². The number of benzene rings is 1. The predicted octanol–water partition coefficient (Wildman–Crippen LogP) is 1.18. The minimum Gasteiger partial charge on any atom is -0.497 e. The first-order valence-electron chi connectivity index (χ1n) is 7.09. The molecule has 1 aromatic carbocycles. The van der Waals surface area contributed by atoms with Crippen molar-refractivity contribution in [3.8, 4) is 11.4 Å². The normalized spacial score (nSPS) is 10.3. The number of hydrogen-bond acceptors (Lipinski definition) is 5. The summed E-state index contributed by atoms with van der Waals surface area (Å²) < 4.78 is 6.66. The highest BCUT2D eigenvalue weighted by atomic mass is 16.5. The molecule has 0 radical (unpaired) electrons. The maximum absolute atomic E-state index is 12.1. The Kier molecular flexibility index (Phi) is 5.29. The predicted molar refractivity (Wildman–Crippen MR) is 81.9 cm³/mol. The number of carbonyl (C=O) groups is 2. The lowest BCUT2D eigenvalue weighted by molar-refractivity contribution is -0.137. The Morgan fingerprint density at radius 2 is 2.00 bits per heavy atom. The number of carbonyl (C=O) groups excluding carboxylic acids is 1. The zero-order valence-corrected chi connectivity index (χ0v) is 12.9. The molecule has 0 aliphatic carbocycles. The van der Waals surface area contributed by atoms with Crippen molar-refractivity contribution in [2.75, 3.05) is 13.7 Å². The van der Waals surface area contributed by atoms with E-state index in [1.165, 1.54) is 0 Å². The number of nitrogens with one attached hydrogen (secondary N) is 1. The van der Waals surface area contributed by atoms with Crippen LogP contribution in [0.5, 0.6) is 5.75 Å². The second kappa shape index (κ2) is 7.39. The van der Waals surface area contributed by atoms with E-state index >= 15 is 0 Å². The number of hydrogen-bond donors (Lipinski definition) is 2. The summed E-state index contributed by atoms with van der Waals surface area (Å²) in [5, 5.41) is 19.1. The van der Waals surface area contributed by atoms with E-state index in [0.717, 1.165) is 11.4 Å². The van der Waals surface area contributed by atoms with Gasteiger partial charge in [-0.25, -0.2) is 4.68 Å². The molecule has 8 heteroatoms. The molecule has 0 aliphatic rings. The lowest BCUT2D eigenvalue weighted by Gasteiger charge is -2.05. The van der Waals surface area contributed by atoms with Crippen LogP contribution in [0.1, 0.15) is 29.0 Å². The van der Waals surface area contributed by atoms with Crippen molar-refractivity contribution in [2.45, 2.75) is 19.8 Å². The largest absolute Gasteiger partial charge is 0.497 e. The number of aromatic nitrogens is 3. The fourth-order valence-corrected chi connectivity index (χ4v) is 2.03. The van der Waals surface area contributed by atoms with E-state index in [2.05, 4.69) is 15.6 Å². The Hall–Kier alpha value is -2.90. The minimum atomic E-state index is -0.888. The van der Waals surface area contributed by atoms with Gasteiger partial charge in [0, 0.05) is 13.0 Å². The van der Waals surface area contributed by atoms with Crippen LogP contribution >= 0.6 is 0 Å². The summed E-state index contributed by atoms with van der Waals surface area (Å²) in [6, 6.07) is 7.22. The third-order valence-electron chi connectivity index (χ3n) is 3.28. The number of nitrogens with zero attached hydrogens (tertiary/aromatic N) is 3. The van der Waals surface area contributed by atoms with Crippen molar-refractivity contribution in [3.63, 3.8) is 0 Å². The number of carboxylic acid groups (broad SMARTS) is 1. The molecule has 122 valence electrons. The quantitative estimate of drug-likeness (QED) is 0.742. The van der Waals surface area contributed by atoms with E-state index < -0.39 is 5.97 Å². The van der Waals surface area contributed by atoms with Crippen LogP contribution in [0, 0.1) is 6.92 Å². The van der Waals surface area contributed by atoms with E-state index in [-0.39, 0.29) is 24.6 Å². The fourth-order valence-electron chi connectivity index (χ4n) is 2.03. The van der Waals surface area contributed by atoms with Crippen LogP contribution in [-0.2, 0) is 4.79 Å². The van der Waals surface area contributed by atoms with Gasteiger partial charge in [-0.2, -0.15) is 0 Å². The molecule has 0 spiro atoms. The van der Waals surface area contributed by atoms with Gasteiger partial charge in [-0.15, -0.1) is 5.10 Å². The molecule has 0 unspecified atom stereocenters. The number of carboxylic acids is 1. The SMILES string of the molecule is COc1ccc(-n2nnc(C(=O)NCCCC(=O)O)c2C)cc1. The van der Waals surface area contributed by atoms with E-state index in [4.69, 9.17) is 9.84 Å². The first-order valence-corrected chi connectivity index (χ1v) is 7.09. The molecule has 0 atom stereocenters. The Bertz CT molecular complexity index is 694. The summed E-state index contributed by atoms with van der Waals surface area (Å²) in [5.41, 5.74) is 1.59. The molecular formula is C15H18N4O4. The van der Waals surface area contributed by atoms with Gasteiger partial charge in [0.05, 0.1) is 18.5 Å². The summed E-state index contributed by atoms with van der Waals surface area (Å²) in [6.45, 7) is 2.02. The van der Waals surface area contributed by atoms with Gasteiger partial charge in [0.2, 0.25) is 0 Å². The van der Waals surface area contributed by atoms with E-state index in [9.17, 15) is 9.59 Å². The molecule has 1 amide bonds. The minimum absolute atomic E-state index is 0.0117. The monoisotopic (exact) mass is 318 g/mol. The van der Waals surface area contributed by atoms with Gasteiger partial charge >= 0.3 is 5.97 Å². The molecular weight excluding hydrogens is 300 g/mol. The van der Waals surface area contributed by atoms with Crippen molar-refractivity contribution >= 4 is 11.9 Å². The zero-order chi connectivity index (χ0) is 16.8. The molecule has 0 saturated heterocycles. The highest BCUT2D eigenvalue weighted by Gasteiger charge is 2.17. The van der Waals surface area contributed by atoms with Crippen LogP contribution in [0.25, 0.3) is 5.69 Å². The molecule has 1 aromatic heterocycles. The molecule has 0 fully saturated rings. The molecule has 0 aliphatic heterocycles. The maximum Gasteiger partial charge on any atom is 0.303 e. The van der Waals surface area contributed by atoms with Crippen LogP contribution < -0.4 is 10.1 Å². The van der Waals surface area contributed by atoms with E-state index in [0.29, 0.717) is 12.1 Å². The Balaban J connectivity index is 2.05. The molecule has 1 heterocycles. The van der Waals surface area contributed by atoms with Crippen molar-refractivity contribution in [1.82, 2.24) is 20.3 Å². The van der Waals surface area contributed by atoms with E-state index in [1.807, 2.05) is 12.1 Å². The smallest absolute Gasteiger partial charge is 0.303 e. The third-order valence-corrected chi connectivity index (χ3v) is 3.28. The standard InChI is InChI=1S/C15H18N4O4/c1-10-14(15(22)16-9-3-4-13(20)21)17-18-19(10)11-5-7-12(23-2)8-6-11/h5-8H,3-4,9H2,1-2H3,(H,16,22)(H,20,21). The first-order chi connectivity index (χ1) is 11.0. The molecule has 2 aromatic rings. The summed E-state index contributed by atoms with van der Waals surface area (Å²) in [6.07, 6.45) is 0.380. The Morgan fingerprint density at radius 3 is 2.61 bits per heavy atom. The Morgan fingerprint density at radius 1 is 1.30 bits per heavy atom. The molecule has 23 heavy (non-hydrogen) atoms. The van der Waals surface area contributed by atoms with Gasteiger partial charge in [0.1, 0.15) is 5.75 Å². The van der Waals surface area contributed by atoms with Crippen LogP contribution in [0.3, 0.4) is 0 Å². The molecule has 8 nitrogen and oxygen atoms in total. The summed E-state index contributed by atoms with van der Waals surface area (Å²) in [4.78, 5) is 22.5. The summed E-state index contributed by atoms with van der Waals surface area (Å²) >= 11 is 0. The lowest BCUT2D eigenvalue weighted by Crippen LogP contribution is -2.26. The molecule has 0 bridgehead atoms. The number of amides is 1. The van der Waals surface area contributed by atoms with Gasteiger partial charge in [0.25, 0.3) is 5.91 Å². The summed E-state index contributed by atoms with van der Waals surface area (Å²) in [7, 11) is 1.59. The average molecular weight is 318 g/mol. The lowest BCUT2D eigenvalue weighted by atomic mass is 10.2. The number of aliphatic carboxylic acids is 1. The fraction of sp³-hybridized carbons (Fsp3) is 0.333. The molecule has 2 rings (SSSR count). The average Bonchev–Trinajstić information content (AvgIpc) is 2.93. The number of methoxy groups -OCH3 is 1. The third kappa shape index (κ3) is 4.06. The molecule has 0 saturated carbocycles. The molecule has 2 N–H and O–H groups in total. The van der Waals surface area contributed by atoms with Gasteiger partial charge in [-0.3, -0.25) is 9.59 Å². The Labute approximate surface area is 133 Å². The first kappa shape index (κ1) is 16.5. The van der Waals surface area contributed by atoms with Crippen molar-refractivity contribution in [2.24, 2.45) is 0 Å². The van der Waals surface area contributed by atoms with Crippen LogP contribution in [0.15, 0.2) is 24.3 Å². The van der Waals surface area contributed by atoms with Crippen LogP contribution in [0.2, 0.25) is 0 Å².